The highest BCUT2D eigenvalue weighted by molar-refractivity contribution is 5.79. The fraction of sp³-hybridized carbons (Fsp3) is 0.895. The van der Waals surface area contributed by atoms with Crippen molar-refractivity contribution in [2.45, 2.75) is 38.1 Å². The summed E-state index contributed by atoms with van der Waals surface area (Å²) in [4.78, 5) is 33.2. The molecule has 2 saturated heterocycles. The molecule has 3 fully saturated rings. The Balaban J connectivity index is 1.36. The van der Waals surface area contributed by atoms with E-state index in [0.717, 1.165) is 39.0 Å². The summed E-state index contributed by atoms with van der Waals surface area (Å²) in [5.74, 6) is 0.449. The molecule has 0 aromatic rings. The molecule has 148 valence electrons. The van der Waals surface area contributed by atoms with Crippen LogP contribution in [0.25, 0.3) is 0 Å². The first-order valence-electron chi connectivity index (χ1n) is 10.2. The predicted molar refractivity (Wildman–Crippen MR) is 99.9 cm³/mol. The molecule has 0 bridgehead atoms. The first-order chi connectivity index (χ1) is 12.6. The molecule has 0 N–H and O–H groups in total. The summed E-state index contributed by atoms with van der Waals surface area (Å²) in [6, 6.07) is 0.434. The molecular formula is C19H34N4O3. The highest BCUT2D eigenvalue weighted by Crippen LogP contribution is 2.21. The van der Waals surface area contributed by atoms with Crippen LogP contribution in [0.2, 0.25) is 0 Å². The van der Waals surface area contributed by atoms with Gasteiger partial charge in [0.2, 0.25) is 11.8 Å². The van der Waals surface area contributed by atoms with Crippen LogP contribution in [0.15, 0.2) is 0 Å². The smallest absolute Gasteiger partial charge is 0.236 e. The van der Waals surface area contributed by atoms with Gasteiger partial charge < -0.3 is 14.5 Å². The lowest BCUT2D eigenvalue weighted by Gasteiger charge is -2.37. The third-order valence-electron chi connectivity index (χ3n) is 6.06. The van der Waals surface area contributed by atoms with Crippen LogP contribution in [-0.2, 0) is 14.3 Å². The Kier molecular flexibility index (Phi) is 7.28. The molecule has 1 aliphatic carbocycles. The SMILES string of the molecule is CN(C(=O)CN1CCN(CC(=O)N2CCOCC2)CC1)C1CCCCC1. The van der Waals surface area contributed by atoms with E-state index in [2.05, 4.69) is 9.80 Å². The Hall–Kier alpha value is -1.18. The van der Waals surface area contributed by atoms with E-state index in [1.165, 1.54) is 19.3 Å². The van der Waals surface area contributed by atoms with Crippen molar-refractivity contribution < 1.29 is 14.3 Å². The summed E-state index contributed by atoms with van der Waals surface area (Å²) in [6.07, 6.45) is 6.11. The molecular weight excluding hydrogens is 332 g/mol. The van der Waals surface area contributed by atoms with Crippen LogP contribution in [0.1, 0.15) is 32.1 Å². The number of nitrogens with zero attached hydrogens (tertiary/aromatic N) is 4. The first-order valence-corrected chi connectivity index (χ1v) is 10.2. The summed E-state index contributed by atoms with van der Waals surface area (Å²) in [5.41, 5.74) is 0. The van der Waals surface area contributed by atoms with Gasteiger partial charge in [-0.3, -0.25) is 19.4 Å². The normalized spacial score (nSPS) is 23.8. The Morgan fingerprint density at radius 2 is 1.46 bits per heavy atom. The van der Waals surface area contributed by atoms with Crippen LogP contribution in [0.5, 0.6) is 0 Å². The lowest BCUT2D eigenvalue weighted by molar-refractivity contribution is -0.138. The van der Waals surface area contributed by atoms with Crippen LogP contribution in [0.4, 0.5) is 0 Å². The van der Waals surface area contributed by atoms with E-state index >= 15 is 0 Å². The zero-order chi connectivity index (χ0) is 18.4. The van der Waals surface area contributed by atoms with Gasteiger partial charge in [-0.1, -0.05) is 19.3 Å². The Morgan fingerprint density at radius 3 is 2.08 bits per heavy atom. The molecule has 3 rings (SSSR count). The summed E-state index contributed by atoms with van der Waals surface area (Å²) in [7, 11) is 1.97. The number of rotatable bonds is 5. The van der Waals surface area contributed by atoms with Gasteiger partial charge in [-0.05, 0) is 12.8 Å². The van der Waals surface area contributed by atoms with Crippen LogP contribution in [0, 0.1) is 0 Å². The highest BCUT2D eigenvalue weighted by atomic mass is 16.5. The second-order valence-corrected chi connectivity index (χ2v) is 7.84. The van der Waals surface area contributed by atoms with Gasteiger partial charge in [0.05, 0.1) is 26.3 Å². The minimum Gasteiger partial charge on any atom is -0.378 e. The third kappa shape index (κ3) is 5.41. The molecule has 3 aliphatic rings. The zero-order valence-corrected chi connectivity index (χ0v) is 16.2. The number of ether oxygens (including phenoxy) is 1. The van der Waals surface area contributed by atoms with E-state index in [9.17, 15) is 9.59 Å². The number of morpholine rings is 1. The zero-order valence-electron chi connectivity index (χ0n) is 16.2. The fourth-order valence-corrected chi connectivity index (χ4v) is 4.18. The van der Waals surface area contributed by atoms with Gasteiger partial charge in [0.1, 0.15) is 0 Å². The Labute approximate surface area is 157 Å². The van der Waals surface area contributed by atoms with E-state index in [0.29, 0.717) is 45.4 Å². The van der Waals surface area contributed by atoms with Gasteiger partial charge in [-0.15, -0.1) is 0 Å². The van der Waals surface area contributed by atoms with Gasteiger partial charge in [0.15, 0.2) is 0 Å². The lowest BCUT2D eigenvalue weighted by Crippen LogP contribution is -2.53. The maximum absolute atomic E-state index is 12.6. The van der Waals surface area contributed by atoms with E-state index in [1.807, 2.05) is 16.8 Å². The Morgan fingerprint density at radius 1 is 0.885 bits per heavy atom. The van der Waals surface area contributed by atoms with Crippen LogP contribution in [-0.4, -0.2) is 110 Å². The highest BCUT2D eigenvalue weighted by Gasteiger charge is 2.26. The van der Waals surface area contributed by atoms with Crippen molar-refractivity contribution in [3.63, 3.8) is 0 Å². The third-order valence-corrected chi connectivity index (χ3v) is 6.06. The number of piperazine rings is 1. The monoisotopic (exact) mass is 366 g/mol. The molecule has 2 amide bonds. The molecule has 1 saturated carbocycles. The number of hydrogen-bond acceptors (Lipinski definition) is 5. The van der Waals surface area contributed by atoms with Crippen molar-refractivity contribution in [1.29, 1.82) is 0 Å². The quantitative estimate of drug-likeness (QED) is 0.698. The molecule has 0 spiro atoms. The van der Waals surface area contributed by atoms with Crippen molar-refractivity contribution in [1.82, 2.24) is 19.6 Å². The topological polar surface area (TPSA) is 56.3 Å². The molecule has 0 radical (unpaired) electrons. The Bertz CT molecular complexity index is 467. The van der Waals surface area contributed by atoms with Gasteiger partial charge in [-0.2, -0.15) is 0 Å². The van der Waals surface area contributed by atoms with Gasteiger partial charge in [0.25, 0.3) is 0 Å². The first kappa shape index (κ1) is 19.6. The van der Waals surface area contributed by atoms with Crippen molar-refractivity contribution >= 4 is 11.8 Å². The number of likely N-dealkylation sites (N-methyl/N-ethyl adjacent to an activating group) is 1. The molecule has 0 aromatic carbocycles. The van der Waals surface area contributed by atoms with Crippen molar-refractivity contribution in [3.05, 3.63) is 0 Å². The molecule has 26 heavy (non-hydrogen) atoms. The summed E-state index contributed by atoms with van der Waals surface area (Å²) < 4.78 is 5.30. The maximum Gasteiger partial charge on any atom is 0.236 e. The molecule has 0 aromatic heterocycles. The molecule has 0 atom stereocenters. The predicted octanol–water partition coefficient (Wildman–Crippen LogP) is 0.254. The molecule has 2 heterocycles. The van der Waals surface area contributed by atoms with E-state index in [-0.39, 0.29) is 11.8 Å². The van der Waals surface area contributed by atoms with Crippen LogP contribution < -0.4 is 0 Å². The summed E-state index contributed by atoms with van der Waals surface area (Å²) >= 11 is 0. The van der Waals surface area contributed by atoms with Gasteiger partial charge in [-0.25, -0.2) is 0 Å². The van der Waals surface area contributed by atoms with E-state index in [4.69, 9.17) is 4.74 Å². The number of carbonyl (C=O) groups is 2. The van der Waals surface area contributed by atoms with Crippen LogP contribution >= 0.6 is 0 Å². The lowest BCUT2D eigenvalue weighted by atomic mass is 9.94. The van der Waals surface area contributed by atoms with Crippen molar-refractivity contribution in [2.24, 2.45) is 0 Å². The van der Waals surface area contributed by atoms with E-state index < -0.39 is 0 Å². The van der Waals surface area contributed by atoms with Crippen LogP contribution in [0.3, 0.4) is 0 Å². The van der Waals surface area contributed by atoms with Gasteiger partial charge >= 0.3 is 0 Å². The average molecular weight is 367 g/mol. The number of hydrogen-bond donors (Lipinski definition) is 0. The second-order valence-electron chi connectivity index (χ2n) is 7.84. The molecule has 2 aliphatic heterocycles. The molecule has 7 heteroatoms. The standard InChI is InChI=1S/C19H34N4O3/c1-20(17-5-3-2-4-6-17)18(24)15-21-7-9-22(10-8-21)16-19(25)23-11-13-26-14-12-23/h17H,2-16H2,1H3. The molecule has 7 nitrogen and oxygen atoms in total. The number of amides is 2. The van der Waals surface area contributed by atoms with E-state index in [1.54, 1.807) is 0 Å². The fourth-order valence-electron chi connectivity index (χ4n) is 4.18. The largest absolute Gasteiger partial charge is 0.378 e. The van der Waals surface area contributed by atoms with Crippen molar-refractivity contribution in [2.75, 3.05) is 72.6 Å². The minimum atomic E-state index is 0.204. The summed E-state index contributed by atoms with van der Waals surface area (Å²) in [5, 5.41) is 0. The molecule has 0 unspecified atom stereocenters. The van der Waals surface area contributed by atoms with Crippen molar-refractivity contribution in [3.8, 4) is 0 Å². The van der Waals surface area contributed by atoms with Gasteiger partial charge in [0, 0.05) is 52.4 Å². The minimum absolute atomic E-state index is 0.204. The summed E-state index contributed by atoms with van der Waals surface area (Å²) in [6.45, 7) is 7.16. The second kappa shape index (κ2) is 9.67. The number of carbonyl (C=O) groups excluding carboxylic acids is 2. The average Bonchev–Trinajstić information content (AvgIpc) is 2.70. The maximum atomic E-state index is 12.6.